The Hall–Kier alpha value is -3.98. The summed E-state index contributed by atoms with van der Waals surface area (Å²) >= 11 is 0. The van der Waals surface area contributed by atoms with Gasteiger partial charge in [-0.05, 0) is 19.1 Å². The van der Waals surface area contributed by atoms with Crippen LogP contribution in [0.2, 0.25) is 0 Å². The highest BCUT2D eigenvalue weighted by atomic mass is 16.5. The Morgan fingerprint density at radius 1 is 1.03 bits per heavy atom. The second kappa shape index (κ2) is 7.61. The number of nitrogens with zero attached hydrogens (tertiary/aromatic N) is 6. The number of hydrogen-bond acceptors (Lipinski definition) is 7. The van der Waals surface area contributed by atoms with Crippen LogP contribution >= 0.6 is 0 Å². The number of nitrogens with one attached hydrogen (secondary N) is 1. The van der Waals surface area contributed by atoms with Crippen LogP contribution in [0.25, 0.3) is 39.6 Å². The van der Waals surface area contributed by atoms with Crippen LogP contribution in [0.3, 0.4) is 0 Å². The van der Waals surface area contributed by atoms with E-state index >= 15 is 0 Å². The van der Waals surface area contributed by atoms with Crippen LogP contribution < -0.4 is 4.90 Å². The van der Waals surface area contributed by atoms with Crippen molar-refractivity contribution in [3.8, 4) is 28.5 Å². The molecule has 0 amide bonds. The van der Waals surface area contributed by atoms with Gasteiger partial charge in [0.1, 0.15) is 11.3 Å². The third-order valence-corrected chi connectivity index (χ3v) is 5.54. The van der Waals surface area contributed by atoms with Gasteiger partial charge in [0.05, 0.1) is 30.7 Å². The Bertz CT molecular complexity index is 1380. The summed E-state index contributed by atoms with van der Waals surface area (Å²) in [7, 11) is 0. The van der Waals surface area contributed by atoms with E-state index in [1.54, 1.807) is 17.1 Å². The molecule has 1 aliphatic rings. The fraction of sp³-hybridized carbons (Fsp3) is 0.217. The molecule has 0 unspecified atom stereocenters. The molecule has 5 aromatic rings. The van der Waals surface area contributed by atoms with Crippen LogP contribution in [0.5, 0.6) is 0 Å². The lowest BCUT2D eigenvalue weighted by molar-refractivity contribution is 0.122. The second-order valence-corrected chi connectivity index (χ2v) is 7.77. The smallest absolute Gasteiger partial charge is 0.253 e. The van der Waals surface area contributed by atoms with E-state index in [0.717, 1.165) is 41.2 Å². The molecule has 1 fully saturated rings. The highest BCUT2D eigenvalue weighted by molar-refractivity contribution is 5.88. The monoisotopic (exact) mass is 427 g/mol. The number of rotatable bonds is 4. The number of aromatic nitrogens is 6. The van der Waals surface area contributed by atoms with Crippen molar-refractivity contribution in [1.29, 1.82) is 0 Å². The largest absolute Gasteiger partial charge is 0.450 e. The summed E-state index contributed by atoms with van der Waals surface area (Å²) in [6.07, 6.45) is 5.41. The highest BCUT2D eigenvalue weighted by Crippen LogP contribution is 2.33. The summed E-state index contributed by atoms with van der Waals surface area (Å²) in [5.74, 6) is 1.93. The van der Waals surface area contributed by atoms with E-state index in [1.165, 1.54) is 5.56 Å². The van der Waals surface area contributed by atoms with E-state index in [4.69, 9.17) is 24.2 Å². The van der Waals surface area contributed by atoms with Gasteiger partial charge in [0.15, 0.2) is 11.4 Å². The molecule has 4 aromatic heterocycles. The Morgan fingerprint density at radius 3 is 2.75 bits per heavy atom. The first-order chi connectivity index (χ1) is 15.7. The van der Waals surface area contributed by atoms with E-state index in [2.05, 4.69) is 40.2 Å². The molecule has 32 heavy (non-hydrogen) atoms. The topological polar surface area (TPSA) is 97.9 Å². The quantitative estimate of drug-likeness (QED) is 0.468. The molecule has 1 aromatic carbocycles. The minimum atomic E-state index is 0.498. The van der Waals surface area contributed by atoms with Crippen LogP contribution in [0, 0.1) is 6.92 Å². The lowest BCUT2D eigenvalue weighted by Gasteiger charge is -2.27. The van der Waals surface area contributed by atoms with Crippen LogP contribution in [0.4, 0.5) is 5.82 Å². The number of furan rings is 1. The van der Waals surface area contributed by atoms with E-state index < -0.39 is 0 Å². The molecule has 5 heterocycles. The van der Waals surface area contributed by atoms with Crippen LogP contribution in [0.15, 0.2) is 59.4 Å². The minimum Gasteiger partial charge on any atom is -0.450 e. The van der Waals surface area contributed by atoms with Gasteiger partial charge < -0.3 is 14.1 Å². The van der Waals surface area contributed by atoms with Crippen molar-refractivity contribution >= 4 is 16.9 Å². The number of hydrogen-bond donors (Lipinski definition) is 1. The lowest BCUT2D eigenvalue weighted by Crippen LogP contribution is -2.37. The molecule has 6 rings (SSSR count). The molecule has 0 spiro atoms. The van der Waals surface area contributed by atoms with Crippen molar-refractivity contribution in [2.45, 2.75) is 6.92 Å². The third kappa shape index (κ3) is 3.32. The number of anilines is 1. The fourth-order valence-electron chi connectivity index (χ4n) is 3.92. The number of H-pyrrole nitrogens is 1. The van der Waals surface area contributed by atoms with Gasteiger partial charge in [-0.25, -0.2) is 9.67 Å². The number of aromatic amines is 1. The number of morpholine rings is 1. The number of fused-ring (bicyclic) bond motifs is 1. The third-order valence-electron chi connectivity index (χ3n) is 5.54. The molecule has 0 radical (unpaired) electrons. The summed E-state index contributed by atoms with van der Waals surface area (Å²) in [5, 5.41) is 11.6. The first-order valence-electron chi connectivity index (χ1n) is 10.5. The maximum Gasteiger partial charge on any atom is 0.253 e. The molecule has 9 nitrogen and oxygen atoms in total. The first-order valence-corrected chi connectivity index (χ1v) is 10.5. The first kappa shape index (κ1) is 18.8. The molecular weight excluding hydrogens is 406 g/mol. The van der Waals surface area contributed by atoms with E-state index in [-0.39, 0.29) is 0 Å². The zero-order valence-electron chi connectivity index (χ0n) is 17.5. The number of aryl methyl sites for hydroxylation is 1. The van der Waals surface area contributed by atoms with Crippen molar-refractivity contribution in [2.75, 3.05) is 31.2 Å². The molecule has 9 heteroatoms. The van der Waals surface area contributed by atoms with E-state index in [1.807, 2.05) is 24.4 Å². The minimum absolute atomic E-state index is 0.498. The maximum absolute atomic E-state index is 6.18. The summed E-state index contributed by atoms with van der Waals surface area (Å²) in [6, 6.07) is 12.2. The summed E-state index contributed by atoms with van der Waals surface area (Å²) in [4.78, 5) is 11.8. The molecule has 0 bridgehead atoms. The van der Waals surface area contributed by atoms with Crippen molar-refractivity contribution in [1.82, 2.24) is 29.9 Å². The number of benzene rings is 1. The molecule has 0 saturated carbocycles. The summed E-state index contributed by atoms with van der Waals surface area (Å²) < 4.78 is 13.4. The zero-order valence-corrected chi connectivity index (χ0v) is 17.5. The molecule has 1 saturated heterocycles. The lowest BCUT2D eigenvalue weighted by atomic mass is 10.1. The highest BCUT2D eigenvalue weighted by Gasteiger charge is 2.22. The van der Waals surface area contributed by atoms with Crippen LogP contribution in [-0.4, -0.2) is 56.2 Å². The van der Waals surface area contributed by atoms with Crippen molar-refractivity contribution in [2.24, 2.45) is 0 Å². The van der Waals surface area contributed by atoms with Crippen molar-refractivity contribution < 1.29 is 9.15 Å². The van der Waals surface area contributed by atoms with Gasteiger partial charge in [0.2, 0.25) is 0 Å². The molecule has 0 atom stereocenters. The molecular formula is C23H21N7O2. The van der Waals surface area contributed by atoms with Gasteiger partial charge in [-0.3, -0.25) is 5.10 Å². The zero-order chi connectivity index (χ0) is 21.5. The number of ether oxygens (including phenoxy) is 1. The Kier molecular flexibility index (Phi) is 4.46. The summed E-state index contributed by atoms with van der Waals surface area (Å²) in [6.45, 7) is 4.84. The molecule has 0 aliphatic carbocycles. The van der Waals surface area contributed by atoms with E-state index in [0.29, 0.717) is 30.5 Å². The van der Waals surface area contributed by atoms with Gasteiger partial charge in [-0.15, -0.1) is 0 Å². The van der Waals surface area contributed by atoms with Gasteiger partial charge in [0, 0.05) is 37.1 Å². The van der Waals surface area contributed by atoms with Crippen LogP contribution in [0.1, 0.15) is 5.56 Å². The van der Waals surface area contributed by atoms with Gasteiger partial charge in [-0.2, -0.15) is 15.2 Å². The van der Waals surface area contributed by atoms with E-state index in [9.17, 15) is 0 Å². The van der Waals surface area contributed by atoms with Crippen molar-refractivity contribution in [3.63, 3.8) is 0 Å². The predicted octanol–water partition coefficient (Wildman–Crippen LogP) is 3.61. The van der Waals surface area contributed by atoms with Crippen LogP contribution in [-0.2, 0) is 4.74 Å². The predicted molar refractivity (Wildman–Crippen MR) is 120 cm³/mol. The SMILES string of the molecule is Cc1cccc(-c2ccn(-c3nc(N4CCOCC4)c4oc(-c5cn[nH]c5)cc4n3)n2)c1. The summed E-state index contributed by atoms with van der Waals surface area (Å²) in [5.41, 5.74) is 5.35. The van der Waals surface area contributed by atoms with Crippen molar-refractivity contribution in [3.05, 3.63) is 60.6 Å². The average molecular weight is 427 g/mol. The van der Waals surface area contributed by atoms with Gasteiger partial charge in [0.25, 0.3) is 5.95 Å². The molecule has 1 N–H and O–H groups in total. The second-order valence-electron chi connectivity index (χ2n) is 7.77. The normalized spacial score (nSPS) is 14.3. The molecule has 160 valence electrons. The fourth-order valence-corrected chi connectivity index (χ4v) is 3.92. The van der Waals surface area contributed by atoms with Gasteiger partial charge >= 0.3 is 0 Å². The molecule has 1 aliphatic heterocycles. The Labute approximate surface area is 183 Å². The Balaban J connectivity index is 1.47. The van der Waals surface area contributed by atoms with Gasteiger partial charge in [-0.1, -0.05) is 23.8 Å². The standard InChI is InChI=1S/C23H21N7O2/c1-15-3-2-4-16(11-15)18-5-6-30(28-18)23-26-19-12-20(17-13-24-25-14-17)32-21(19)22(27-23)29-7-9-31-10-8-29/h2-6,11-14H,7-10H2,1H3,(H,24,25). The average Bonchev–Trinajstić information content (AvgIpc) is 3.59. The Morgan fingerprint density at radius 2 is 1.94 bits per heavy atom. The maximum atomic E-state index is 6.18.